The molecule has 0 N–H and O–H groups in total. The van der Waals surface area contributed by atoms with Crippen LogP contribution in [0.15, 0.2) is 24.3 Å². The fourth-order valence-electron chi connectivity index (χ4n) is 1.76. The maximum Gasteiger partial charge on any atom is 0.239 e. The number of methoxy groups -OCH3 is 1. The van der Waals surface area contributed by atoms with E-state index in [1.807, 2.05) is 43.1 Å². The highest BCUT2D eigenvalue weighted by molar-refractivity contribution is 5.80. The van der Waals surface area contributed by atoms with E-state index in [2.05, 4.69) is 0 Å². The van der Waals surface area contributed by atoms with Crippen LogP contribution < -0.4 is 4.74 Å². The highest BCUT2D eigenvalue weighted by atomic mass is 16.5. The molecule has 0 heterocycles. The van der Waals surface area contributed by atoms with Gasteiger partial charge >= 0.3 is 0 Å². The average Bonchev–Trinajstić information content (AvgIpc) is 2.36. The second-order valence-electron chi connectivity index (χ2n) is 4.68. The molecule has 1 unspecified atom stereocenters. The molecule has 4 nitrogen and oxygen atoms in total. The Labute approximate surface area is 109 Å². The van der Waals surface area contributed by atoms with E-state index >= 15 is 0 Å². The first-order chi connectivity index (χ1) is 8.45. The Morgan fingerprint density at radius 2 is 2.00 bits per heavy atom. The number of carbonyl (C=O) groups excluding carboxylic acids is 1. The van der Waals surface area contributed by atoms with Gasteiger partial charge in [0.05, 0.1) is 13.2 Å². The second kappa shape index (κ2) is 6.40. The van der Waals surface area contributed by atoms with Crippen molar-refractivity contribution >= 4 is 5.91 Å². The Morgan fingerprint density at radius 3 is 2.56 bits per heavy atom. The number of carbonyl (C=O) groups is 1. The van der Waals surface area contributed by atoms with E-state index in [4.69, 9.17) is 4.74 Å². The second-order valence-corrected chi connectivity index (χ2v) is 4.68. The normalized spacial score (nSPS) is 12.3. The lowest BCUT2D eigenvalue weighted by Crippen LogP contribution is -2.42. The quantitative estimate of drug-likeness (QED) is 0.796. The van der Waals surface area contributed by atoms with Crippen LogP contribution >= 0.6 is 0 Å². The van der Waals surface area contributed by atoms with E-state index in [-0.39, 0.29) is 11.9 Å². The monoisotopic (exact) mass is 250 g/mol. The van der Waals surface area contributed by atoms with Crippen LogP contribution in [-0.2, 0) is 11.3 Å². The van der Waals surface area contributed by atoms with Crippen molar-refractivity contribution in [1.29, 1.82) is 0 Å². The molecular weight excluding hydrogens is 228 g/mol. The molecule has 1 atom stereocenters. The molecule has 1 aromatic carbocycles. The summed E-state index contributed by atoms with van der Waals surface area (Å²) in [6.45, 7) is 2.64. The fourth-order valence-corrected chi connectivity index (χ4v) is 1.76. The summed E-state index contributed by atoms with van der Waals surface area (Å²) in [5.74, 6) is 0.952. The SMILES string of the molecule is COc1cccc(CN(C)C(C)C(=O)N(C)C)c1. The molecular formula is C14H22N2O2. The van der Waals surface area contributed by atoms with Crippen LogP contribution in [0.5, 0.6) is 5.75 Å². The first-order valence-electron chi connectivity index (χ1n) is 6.00. The number of benzene rings is 1. The minimum atomic E-state index is -0.133. The van der Waals surface area contributed by atoms with Crippen molar-refractivity contribution < 1.29 is 9.53 Å². The summed E-state index contributed by atoms with van der Waals surface area (Å²) in [5.41, 5.74) is 1.13. The lowest BCUT2D eigenvalue weighted by atomic mass is 10.1. The number of nitrogens with zero attached hydrogens (tertiary/aromatic N) is 2. The highest BCUT2D eigenvalue weighted by Crippen LogP contribution is 2.15. The fraction of sp³-hybridized carbons (Fsp3) is 0.500. The summed E-state index contributed by atoms with van der Waals surface area (Å²) in [6, 6.07) is 7.76. The van der Waals surface area contributed by atoms with E-state index in [1.54, 1.807) is 26.1 Å². The van der Waals surface area contributed by atoms with Crippen molar-refractivity contribution in [2.75, 3.05) is 28.3 Å². The molecule has 1 rings (SSSR count). The van der Waals surface area contributed by atoms with E-state index in [9.17, 15) is 4.79 Å². The number of rotatable bonds is 5. The highest BCUT2D eigenvalue weighted by Gasteiger charge is 2.19. The molecule has 0 saturated carbocycles. The number of hydrogen-bond donors (Lipinski definition) is 0. The van der Waals surface area contributed by atoms with Gasteiger partial charge in [0.2, 0.25) is 5.91 Å². The van der Waals surface area contributed by atoms with Gasteiger partial charge in [0.1, 0.15) is 5.75 Å². The summed E-state index contributed by atoms with van der Waals surface area (Å²) >= 11 is 0. The van der Waals surface area contributed by atoms with Crippen molar-refractivity contribution in [2.24, 2.45) is 0 Å². The third-order valence-corrected chi connectivity index (χ3v) is 3.03. The Kier molecular flexibility index (Phi) is 5.16. The molecule has 0 radical (unpaired) electrons. The smallest absolute Gasteiger partial charge is 0.239 e. The molecule has 0 aliphatic heterocycles. The summed E-state index contributed by atoms with van der Waals surface area (Å²) in [5, 5.41) is 0. The van der Waals surface area contributed by atoms with Gasteiger partial charge < -0.3 is 9.64 Å². The van der Waals surface area contributed by atoms with Crippen molar-refractivity contribution in [3.8, 4) is 5.75 Å². The molecule has 100 valence electrons. The number of ether oxygens (including phenoxy) is 1. The number of amides is 1. The predicted octanol–water partition coefficient (Wildman–Crippen LogP) is 1.60. The third-order valence-electron chi connectivity index (χ3n) is 3.03. The molecule has 0 spiro atoms. The predicted molar refractivity (Wildman–Crippen MR) is 72.6 cm³/mol. The molecule has 0 saturated heterocycles. The molecule has 0 fully saturated rings. The van der Waals surface area contributed by atoms with E-state index in [1.165, 1.54) is 0 Å². The molecule has 1 aromatic rings. The molecule has 18 heavy (non-hydrogen) atoms. The molecule has 4 heteroatoms. The van der Waals surface area contributed by atoms with Gasteiger partial charge in [-0.15, -0.1) is 0 Å². The molecule has 0 aliphatic rings. The minimum absolute atomic E-state index is 0.111. The Bertz CT molecular complexity index is 405. The standard InChI is InChI=1S/C14H22N2O2/c1-11(14(17)15(2)3)16(4)10-12-7-6-8-13(9-12)18-5/h6-9,11H,10H2,1-5H3. The van der Waals surface area contributed by atoms with E-state index in [0.29, 0.717) is 0 Å². The maximum atomic E-state index is 11.9. The largest absolute Gasteiger partial charge is 0.497 e. The summed E-state index contributed by atoms with van der Waals surface area (Å²) in [7, 11) is 7.16. The Hall–Kier alpha value is -1.55. The van der Waals surface area contributed by atoms with Gasteiger partial charge in [0.25, 0.3) is 0 Å². The minimum Gasteiger partial charge on any atom is -0.497 e. The van der Waals surface area contributed by atoms with Crippen molar-refractivity contribution in [2.45, 2.75) is 19.5 Å². The number of hydrogen-bond acceptors (Lipinski definition) is 3. The van der Waals surface area contributed by atoms with Crippen LogP contribution in [0.4, 0.5) is 0 Å². The van der Waals surface area contributed by atoms with Gasteiger partial charge in [-0.2, -0.15) is 0 Å². The van der Waals surface area contributed by atoms with Gasteiger partial charge in [0.15, 0.2) is 0 Å². The molecule has 0 aromatic heterocycles. The lowest BCUT2D eigenvalue weighted by Gasteiger charge is -2.26. The molecule has 0 aliphatic carbocycles. The first-order valence-corrected chi connectivity index (χ1v) is 6.00. The Balaban J connectivity index is 2.68. The van der Waals surface area contributed by atoms with Crippen molar-refractivity contribution in [3.05, 3.63) is 29.8 Å². The van der Waals surface area contributed by atoms with Gasteiger partial charge in [-0.1, -0.05) is 12.1 Å². The van der Waals surface area contributed by atoms with Crippen LogP contribution in [0, 0.1) is 0 Å². The third kappa shape index (κ3) is 3.74. The van der Waals surface area contributed by atoms with Crippen LogP contribution in [0.3, 0.4) is 0 Å². The van der Waals surface area contributed by atoms with Gasteiger partial charge in [-0.3, -0.25) is 9.69 Å². The zero-order chi connectivity index (χ0) is 13.7. The van der Waals surface area contributed by atoms with Crippen molar-refractivity contribution in [3.63, 3.8) is 0 Å². The van der Waals surface area contributed by atoms with Gasteiger partial charge in [0, 0.05) is 20.6 Å². The van der Waals surface area contributed by atoms with Gasteiger partial charge in [-0.05, 0) is 31.7 Å². The van der Waals surface area contributed by atoms with Crippen LogP contribution in [-0.4, -0.2) is 50.0 Å². The topological polar surface area (TPSA) is 32.8 Å². The zero-order valence-corrected chi connectivity index (χ0v) is 11.8. The summed E-state index contributed by atoms with van der Waals surface area (Å²) in [6.07, 6.45) is 0. The number of likely N-dealkylation sites (N-methyl/N-ethyl adjacent to an activating group) is 2. The van der Waals surface area contributed by atoms with Gasteiger partial charge in [-0.25, -0.2) is 0 Å². The maximum absolute atomic E-state index is 11.9. The zero-order valence-electron chi connectivity index (χ0n) is 11.8. The van der Waals surface area contributed by atoms with Crippen LogP contribution in [0.1, 0.15) is 12.5 Å². The average molecular weight is 250 g/mol. The first kappa shape index (κ1) is 14.5. The van der Waals surface area contributed by atoms with E-state index in [0.717, 1.165) is 17.9 Å². The molecule has 0 bridgehead atoms. The van der Waals surface area contributed by atoms with Crippen LogP contribution in [0.2, 0.25) is 0 Å². The molecule has 1 amide bonds. The van der Waals surface area contributed by atoms with Crippen molar-refractivity contribution in [1.82, 2.24) is 9.80 Å². The summed E-state index contributed by atoms with van der Waals surface area (Å²) in [4.78, 5) is 15.5. The summed E-state index contributed by atoms with van der Waals surface area (Å²) < 4.78 is 5.19. The van der Waals surface area contributed by atoms with Crippen LogP contribution in [0.25, 0.3) is 0 Å². The Morgan fingerprint density at radius 1 is 1.33 bits per heavy atom. The van der Waals surface area contributed by atoms with E-state index < -0.39 is 0 Å². The lowest BCUT2D eigenvalue weighted by molar-refractivity contribution is -0.133.